The van der Waals surface area contributed by atoms with Gasteiger partial charge in [-0.05, 0) is 30.7 Å². The summed E-state index contributed by atoms with van der Waals surface area (Å²) < 4.78 is 17.6. The number of rotatable bonds is 4. The molecule has 30 heavy (non-hydrogen) atoms. The molecule has 2 amide bonds. The van der Waals surface area contributed by atoms with Gasteiger partial charge in [-0.15, -0.1) is 0 Å². The van der Waals surface area contributed by atoms with Crippen LogP contribution in [-0.4, -0.2) is 78.4 Å². The van der Waals surface area contributed by atoms with E-state index < -0.39 is 5.79 Å². The summed E-state index contributed by atoms with van der Waals surface area (Å²) in [6.45, 7) is 2.26. The minimum absolute atomic E-state index is 0.0571. The Morgan fingerprint density at radius 2 is 1.80 bits per heavy atom. The topological polar surface area (TPSA) is 81.2 Å². The summed E-state index contributed by atoms with van der Waals surface area (Å²) in [6.07, 6.45) is 3.88. The molecule has 2 saturated heterocycles. The van der Waals surface area contributed by atoms with E-state index in [2.05, 4.69) is 4.98 Å². The van der Waals surface area contributed by atoms with E-state index in [0.717, 1.165) is 0 Å². The van der Waals surface area contributed by atoms with Crippen molar-refractivity contribution in [2.75, 3.05) is 46.0 Å². The van der Waals surface area contributed by atoms with Crippen molar-refractivity contribution in [3.05, 3.63) is 60.4 Å². The monoisotopic (exact) mass is 411 g/mol. The van der Waals surface area contributed by atoms with Gasteiger partial charge in [-0.1, -0.05) is 18.2 Å². The van der Waals surface area contributed by atoms with E-state index in [4.69, 9.17) is 14.2 Å². The molecule has 2 aromatic rings. The number of para-hydroxylation sites is 1. The number of benzene rings is 1. The lowest BCUT2D eigenvalue weighted by molar-refractivity contribution is -0.260. The number of hydrogen-bond acceptors (Lipinski definition) is 6. The molecule has 1 aromatic carbocycles. The maximum Gasteiger partial charge on any atom is 0.260 e. The average Bonchev–Trinajstić information content (AvgIpc) is 3.00. The molecule has 8 nitrogen and oxygen atoms in total. The predicted octanol–water partition coefficient (Wildman–Crippen LogP) is 1.58. The first-order valence-electron chi connectivity index (χ1n) is 10.1. The SMILES string of the molecule is O=C(COc1ccccc1)N1CCCOC2(C1)CN(C(=O)c1cccnc1)CCO2. The van der Waals surface area contributed by atoms with Gasteiger partial charge in [0.2, 0.25) is 5.79 Å². The van der Waals surface area contributed by atoms with Crippen molar-refractivity contribution in [3.8, 4) is 5.75 Å². The molecule has 2 aliphatic rings. The molecular weight excluding hydrogens is 386 g/mol. The van der Waals surface area contributed by atoms with Crippen molar-refractivity contribution in [1.29, 1.82) is 0 Å². The van der Waals surface area contributed by atoms with Crippen molar-refractivity contribution < 1.29 is 23.8 Å². The van der Waals surface area contributed by atoms with E-state index in [9.17, 15) is 9.59 Å². The highest BCUT2D eigenvalue weighted by molar-refractivity contribution is 5.94. The molecule has 0 N–H and O–H groups in total. The van der Waals surface area contributed by atoms with E-state index in [1.54, 1.807) is 34.3 Å². The molecule has 2 fully saturated rings. The van der Waals surface area contributed by atoms with Gasteiger partial charge in [-0.2, -0.15) is 0 Å². The van der Waals surface area contributed by atoms with Gasteiger partial charge in [0.15, 0.2) is 6.61 Å². The number of carbonyl (C=O) groups is 2. The fraction of sp³-hybridized carbons (Fsp3) is 0.409. The second-order valence-electron chi connectivity index (χ2n) is 7.35. The summed E-state index contributed by atoms with van der Waals surface area (Å²) in [5, 5.41) is 0. The van der Waals surface area contributed by atoms with E-state index in [1.807, 2.05) is 30.3 Å². The molecule has 1 unspecified atom stereocenters. The molecule has 0 radical (unpaired) electrons. The Kier molecular flexibility index (Phi) is 6.25. The van der Waals surface area contributed by atoms with Crippen LogP contribution in [0.5, 0.6) is 5.75 Å². The summed E-state index contributed by atoms with van der Waals surface area (Å²) in [4.78, 5) is 33.1. The van der Waals surface area contributed by atoms with Gasteiger partial charge in [0.05, 0.1) is 31.9 Å². The van der Waals surface area contributed by atoms with Gasteiger partial charge in [-0.25, -0.2) is 0 Å². The predicted molar refractivity (Wildman–Crippen MR) is 108 cm³/mol. The van der Waals surface area contributed by atoms with Crippen molar-refractivity contribution in [1.82, 2.24) is 14.8 Å². The molecule has 1 spiro atoms. The maximum absolute atomic E-state index is 12.9. The molecule has 0 aliphatic carbocycles. The lowest BCUT2D eigenvalue weighted by Crippen LogP contribution is -2.60. The fourth-order valence-corrected chi connectivity index (χ4v) is 3.68. The molecule has 1 atom stereocenters. The van der Waals surface area contributed by atoms with Gasteiger partial charge >= 0.3 is 0 Å². The fourth-order valence-electron chi connectivity index (χ4n) is 3.68. The highest BCUT2D eigenvalue weighted by atomic mass is 16.7. The first-order chi connectivity index (χ1) is 14.7. The van der Waals surface area contributed by atoms with Crippen molar-refractivity contribution >= 4 is 11.8 Å². The van der Waals surface area contributed by atoms with Gasteiger partial charge in [0.25, 0.3) is 11.8 Å². The molecule has 2 aliphatic heterocycles. The molecule has 1 aromatic heterocycles. The Morgan fingerprint density at radius 3 is 2.60 bits per heavy atom. The van der Waals surface area contributed by atoms with Gasteiger partial charge in [0.1, 0.15) is 5.75 Å². The third kappa shape index (κ3) is 4.77. The van der Waals surface area contributed by atoms with Crippen molar-refractivity contribution in [2.45, 2.75) is 12.2 Å². The molecule has 0 saturated carbocycles. The lowest BCUT2D eigenvalue weighted by Gasteiger charge is -2.43. The van der Waals surface area contributed by atoms with Gasteiger partial charge in [-0.3, -0.25) is 14.6 Å². The Morgan fingerprint density at radius 1 is 1.00 bits per heavy atom. The van der Waals surface area contributed by atoms with Crippen LogP contribution in [0.1, 0.15) is 16.8 Å². The molecule has 8 heteroatoms. The first-order valence-corrected chi connectivity index (χ1v) is 10.1. The Bertz CT molecular complexity index is 864. The Balaban J connectivity index is 1.42. The van der Waals surface area contributed by atoms with Crippen LogP contribution in [0.3, 0.4) is 0 Å². The summed E-state index contributed by atoms with van der Waals surface area (Å²) in [6, 6.07) is 12.7. The number of carbonyl (C=O) groups excluding carboxylic acids is 2. The van der Waals surface area contributed by atoms with E-state index >= 15 is 0 Å². The number of amides is 2. The van der Waals surface area contributed by atoms with Crippen LogP contribution in [0.2, 0.25) is 0 Å². The van der Waals surface area contributed by atoms with Crippen LogP contribution in [0.25, 0.3) is 0 Å². The minimum Gasteiger partial charge on any atom is -0.484 e. The molecule has 0 bridgehead atoms. The Hall–Kier alpha value is -2.97. The third-order valence-corrected chi connectivity index (χ3v) is 5.18. The maximum atomic E-state index is 12.9. The van der Waals surface area contributed by atoms with Crippen LogP contribution in [-0.2, 0) is 14.3 Å². The normalized spacial score (nSPS) is 21.9. The number of aromatic nitrogens is 1. The highest BCUT2D eigenvalue weighted by Gasteiger charge is 2.43. The quantitative estimate of drug-likeness (QED) is 0.760. The zero-order chi connectivity index (χ0) is 20.8. The van der Waals surface area contributed by atoms with Crippen LogP contribution in [0, 0.1) is 0 Å². The largest absolute Gasteiger partial charge is 0.484 e. The van der Waals surface area contributed by atoms with Gasteiger partial charge in [0, 0.05) is 25.5 Å². The van der Waals surface area contributed by atoms with Crippen molar-refractivity contribution in [2.24, 2.45) is 0 Å². The van der Waals surface area contributed by atoms with E-state index in [-0.39, 0.29) is 31.5 Å². The summed E-state index contributed by atoms with van der Waals surface area (Å²) in [7, 11) is 0. The molecule has 4 rings (SSSR count). The first kappa shape index (κ1) is 20.3. The number of ether oxygens (including phenoxy) is 3. The lowest BCUT2D eigenvalue weighted by atomic mass is 10.1. The van der Waals surface area contributed by atoms with Crippen molar-refractivity contribution in [3.63, 3.8) is 0 Å². The number of hydrogen-bond donors (Lipinski definition) is 0. The summed E-state index contributed by atoms with van der Waals surface area (Å²) in [5.74, 6) is -0.643. The van der Waals surface area contributed by atoms with Crippen LogP contribution in [0.4, 0.5) is 0 Å². The molecule has 158 valence electrons. The second-order valence-corrected chi connectivity index (χ2v) is 7.35. The van der Waals surface area contributed by atoms with Crippen LogP contribution >= 0.6 is 0 Å². The van der Waals surface area contributed by atoms with E-state index in [0.29, 0.717) is 44.0 Å². The van der Waals surface area contributed by atoms with Crippen LogP contribution < -0.4 is 4.74 Å². The molecule has 3 heterocycles. The Labute approximate surface area is 175 Å². The van der Waals surface area contributed by atoms with Gasteiger partial charge < -0.3 is 24.0 Å². The number of pyridine rings is 1. The highest BCUT2D eigenvalue weighted by Crippen LogP contribution is 2.25. The summed E-state index contributed by atoms with van der Waals surface area (Å²) in [5.41, 5.74) is 0.521. The smallest absolute Gasteiger partial charge is 0.260 e. The third-order valence-electron chi connectivity index (χ3n) is 5.18. The average molecular weight is 411 g/mol. The zero-order valence-corrected chi connectivity index (χ0v) is 16.7. The zero-order valence-electron chi connectivity index (χ0n) is 16.7. The molecular formula is C22H25N3O5. The minimum atomic E-state index is -1.03. The van der Waals surface area contributed by atoms with Crippen LogP contribution in [0.15, 0.2) is 54.9 Å². The number of nitrogens with zero attached hydrogens (tertiary/aromatic N) is 3. The number of morpholine rings is 1. The second kappa shape index (κ2) is 9.23. The summed E-state index contributed by atoms with van der Waals surface area (Å²) >= 11 is 0. The standard InChI is InChI=1S/C22H25N3O5/c26-20(15-28-19-7-2-1-3-8-19)24-10-5-12-29-22(16-24)17-25(11-13-30-22)21(27)18-6-4-9-23-14-18/h1-4,6-9,14H,5,10-13,15-17H2. The van der Waals surface area contributed by atoms with E-state index in [1.165, 1.54) is 0 Å².